The Morgan fingerprint density at radius 2 is 2.15 bits per heavy atom. The Kier molecular flexibility index (Phi) is 4.70. The number of aromatic nitrogens is 3. The highest BCUT2D eigenvalue weighted by atomic mass is 15.2. The van der Waals surface area contributed by atoms with Crippen molar-refractivity contribution in [3.63, 3.8) is 0 Å². The van der Waals surface area contributed by atoms with Crippen molar-refractivity contribution in [1.82, 2.24) is 15.0 Å². The average molecular weight is 272 g/mol. The van der Waals surface area contributed by atoms with Gasteiger partial charge in [-0.1, -0.05) is 6.07 Å². The van der Waals surface area contributed by atoms with Crippen molar-refractivity contribution in [2.45, 2.75) is 13.3 Å². The second-order valence-corrected chi connectivity index (χ2v) is 4.49. The predicted octanol–water partition coefficient (Wildman–Crippen LogP) is 1.56. The molecule has 2 aromatic rings. The average Bonchev–Trinajstić information content (AvgIpc) is 2.45. The largest absolute Gasteiger partial charge is 0.370 e. The highest BCUT2D eigenvalue weighted by Crippen LogP contribution is 2.16. The van der Waals surface area contributed by atoms with E-state index in [0.29, 0.717) is 0 Å². The molecular weight excluding hydrogens is 252 g/mol. The predicted molar refractivity (Wildman–Crippen MR) is 81.8 cm³/mol. The van der Waals surface area contributed by atoms with E-state index in [0.717, 1.165) is 36.8 Å². The molecule has 0 aromatic carbocycles. The third-order valence-electron chi connectivity index (χ3n) is 2.91. The summed E-state index contributed by atoms with van der Waals surface area (Å²) in [6, 6.07) is 7.83. The highest BCUT2D eigenvalue weighted by Gasteiger charge is 2.07. The van der Waals surface area contributed by atoms with Crippen LogP contribution < -0.4 is 16.0 Å². The maximum atomic E-state index is 5.73. The van der Waals surface area contributed by atoms with Crippen LogP contribution in [0.3, 0.4) is 0 Å². The van der Waals surface area contributed by atoms with Crippen LogP contribution in [-0.4, -0.2) is 35.1 Å². The number of hydrogen-bond donors (Lipinski definition) is 2. The number of nitrogen functional groups attached to an aromatic ring is 1. The Bertz CT molecular complexity index is 543. The quantitative estimate of drug-likeness (QED) is 0.831. The van der Waals surface area contributed by atoms with Crippen LogP contribution in [0.15, 0.2) is 30.5 Å². The molecule has 0 fully saturated rings. The van der Waals surface area contributed by atoms with Gasteiger partial charge in [0.25, 0.3) is 0 Å². The molecule has 0 radical (unpaired) electrons. The van der Waals surface area contributed by atoms with Gasteiger partial charge in [0.1, 0.15) is 11.6 Å². The van der Waals surface area contributed by atoms with Gasteiger partial charge in [0.15, 0.2) is 0 Å². The lowest BCUT2D eigenvalue weighted by Crippen LogP contribution is -2.22. The summed E-state index contributed by atoms with van der Waals surface area (Å²) in [4.78, 5) is 14.8. The first kappa shape index (κ1) is 14.0. The summed E-state index contributed by atoms with van der Waals surface area (Å²) in [6.07, 6.45) is 2.67. The standard InChI is InChI=1S/C14H20N6/c1-3-16-12-10-13(19-14(15)18-12)20(2)9-7-11-6-4-5-8-17-11/h4-6,8,10H,3,7,9H2,1-2H3,(H3,15,16,18,19). The van der Waals surface area contributed by atoms with Crippen LogP contribution in [0.4, 0.5) is 17.6 Å². The number of rotatable bonds is 6. The van der Waals surface area contributed by atoms with E-state index in [1.165, 1.54) is 0 Å². The van der Waals surface area contributed by atoms with Crippen molar-refractivity contribution in [1.29, 1.82) is 0 Å². The number of hydrogen-bond acceptors (Lipinski definition) is 6. The molecule has 3 N–H and O–H groups in total. The van der Waals surface area contributed by atoms with Gasteiger partial charge in [-0.2, -0.15) is 9.97 Å². The van der Waals surface area contributed by atoms with E-state index in [1.54, 1.807) is 6.20 Å². The Labute approximate surface area is 119 Å². The molecule has 0 saturated carbocycles. The van der Waals surface area contributed by atoms with Crippen LogP contribution in [0, 0.1) is 0 Å². The molecule has 106 valence electrons. The van der Waals surface area contributed by atoms with Gasteiger partial charge in [-0.05, 0) is 19.1 Å². The molecule has 0 atom stereocenters. The fourth-order valence-electron chi connectivity index (χ4n) is 1.86. The third kappa shape index (κ3) is 3.81. The molecule has 6 heteroatoms. The first-order valence-electron chi connectivity index (χ1n) is 6.68. The smallest absolute Gasteiger partial charge is 0.223 e. The van der Waals surface area contributed by atoms with Gasteiger partial charge in [0.05, 0.1) is 0 Å². The van der Waals surface area contributed by atoms with Gasteiger partial charge in [-0.3, -0.25) is 4.98 Å². The number of nitrogens with one attached hydrogen (secondary N) is 1. The highest BCUT2D eigenvalue weighted by molar-refractivity contribution is 5.52. The molecule has 6 nitrogen and oxygen atoms in total. The lowest BCUT2D eigenvalue weighted by atomic mass is 10.2. The second kappa shape index (κ2) is 6.70. The Hall–Kier alpha value is -2.37. The number of nitrogens with two attached hydrogens (primary N) is 1. The minimum atomic E-state index is 0.281. The zero-order valence-corrected chi connectivity index (χ0v) is 11.9. The van der Waals surface area contributed by atoms with Crippen LogP contribution >= 0.6 is 0 Å². The minimum absolute atomic E-state index is 0.281. The summed E-state index contributed by atoms with van der Waals surface area (Å²) in [5.41, 5.74) is 6.80. The van der Waals surface area contributed by atoms with Crippen molar-refractivity contribution >= 4 is 17.6 Å². The summed E-state index contributed by atoms with van der Waals surface area (Å²) in [5.74, 6) is 1.84. The summed E-state index contributed by atoms with van der Waals surface area (Å²) < 4.78 is 0. The van der Waals surface area contributed by atoms with Crippen molar-refractivity contribution in [3.8, 4) is 0 Å². The first-order chi connectivity index (χ1) is 9.69. The molecule has 0 unspecified atom stereocenters. The summed E-state index contributed by atoms with van der Waals surface area (Å²) in [7, 11) is 1.99. The molecule has 2 rings (SSSR count). The zero-order valence-electron chi connectivity index (χ0n) is 11.9. The van der Waals surface area contributed by atoms with Gasteiger partial charge in [-0.15, -0.1) is 0 Å². The SMILES string of the molecule is CCNc1cc(N(C)CCc2ccccn2)nc(N)n1. The van der Waals surface area contributed by atoms with Crippen LogP contribution in [0.5, 0.6) is 0 Å². The van der Waals surface area contributed by atoms with Gasteiger partial charge in [-0.25, -0.2) is 0 Å². The summed E-state index contributed by atoms with van der Waals surface area (Å²) in [5, 5.41) is 3.15. The monoisotopic (exact) mass is 272 g/mol. The van der Waals surface area contributed by atoms with E-state index in [2.05, 4.69) is 20.3 Å². The van der Waals surface area contributed by atoms with Crippen molar-refractivity contribution < 1.29 is 0 Å². The van der Waals surface area contributed by atoms with E-state index >= 15 is 0 Å². The lowest BCUT2D eigenvalue weighted by Gasteiger charge is -2.19. The first-order valence-corrected chi connectivity index (χ1v) is 6.68. The molecular formula is C14H20N6. The Morgan fingerprint density at radius 1 is 1.30 bits per heavy atom. The van der Waals surface area contributed by atoms with Crippen molar-refractivity contribution in [2.75, 3.05) is 36.1 Å². The summed E-state index contributed by atoms with van der Waals surface area (Å²) in [6.45, 7) is 3.63. The van der Waals surface area contributed by atoms with E-state index < -0.39 is 0 Å². The summed E-state index contributed by atoms with van der Waals surface area (Å²) >= 11 is 0. The van der Waals surface area contributed by atoms with E-state index in [1.807, 2.05) is 43.1 Å². The molecule has 0 amide bonds. The van der Waals surface area contributed by atoms with Crippen LogP contribution in [-0.2, 0) is 6.42 Å². The van der Waals surface area contributed by atoms with Gasteiger partial charge < -0.3 is 16.0 Å². The van der Waals surface area contributed by atoms with Crippen LogP contribution in [0.25, 0.3) is 0 Å². The Morgan fingerprint density at radius 3 is 2.85 bits per heavy atom. The molecule has 0 aliphatic rings. The topological polar surface area (TPSA) is 80.0 Å². The normalized spacial score (nSPS) is 10.3. The molecule has 0 aliphatic carbocycles. The van der Waals surface area contributed by atoms with Crippen molar-refractivity contribution in [2.24, 2.45) is 0 Å². The molecule has 2 heterocycles. The number of likely N-dealkylation sites (N-methyl/N-ethyl adjacent to an activating group) is 1. The lowest BCUT2D eigenvalue weighted by molar-refractivity contribution is 0.837. The zero-order chi connectivity index (χ0) is 14.4. The van der Waals surface area contributed by atoms with E-state index in [-0.39, 0.29) is 5.95 Å². The van der Waals surface area contributed by atoms with E-state index in [4.69, 9.17) is 5.73 Å². The number of pyridine rings is 1. The van der Waals surface area contributed by atoms with Gasteiger partial charge >= 0.3 is 0 Å². The maximum Gasteiger partial charge on any atom is 0.223 e. The minimum Gasteiger partial charge on any atom is -0.370 e. The molecule has 0 aliphatic heterocycles. The molecule has 0 spiro atoms. The number of nitrogens with zero attached hydrogens (tertiary/aromatic N) is 4. The van der Waals surface area contributed by atoms with Crippen molar-refractivity contribution in [3.05, 3.63) is 36.2 Å². The van der Waals surface area contributed by atoms with Crippen LogP contribution in [0.1, 0.15) is 12.6 Å². The fourth-order valence-corrected chi connectivity index (χ4v) is 1.86. The van der Waals surface area contributed by atoms with E-state index in [9.17, 15) is 0 Å². The fraction of sp³-hybridized carbons (Fsp3) is 0.357. The Balaban J connectivity index is 2.03. The molecule has 0 bridgehead atoms. The molecule has 0 saturated heterocycles. The number of anilines is 3. The van der Waals surface area contributed by atoms with Gasteiger partial charge in [0, 0.05) is 44.5 Å². The third-order valence-corrected chi connectivity index (χ3v) is 2.91. The van der Waals surface area contributed by atoms with Crippen LogP contribution in [0.2, 0.25) is 0 Å². The molecule has 2 aromatic heterocycles. The second-order valence-electron chi connectivity index (χ2n) is 4.49. The van der Waals surface area contributed by atoms with Gasteiger partial charge in [0.2, 0.25) is 5.95 Å². The molecule has 20 heavy (non-hydrogen) atoms. The maximum absolute atomic E-state index is 5.73.